The molecule has 7 heteroatoms. The number of nitro groups is 1. The molecule has 1 aliphatic rings. The van der Waals surface area contributed by atoms with Crippen molar-refractivity contribution in [1.82, 2.24) is 10.6 Å². The third-order valence-corrected chi connectivity index (χ3v) is 3.95. The highest BCUT2D eigenvalue weighted by molar-refractivity contribution is 5.90. The first kappa shape index (κ1) is 15.8. The summed E-state index contributed by atoms with van der Waals surface area (Å²) in [7, 11) is 0. The fourth-order valence-corrected chi connectivity index (χ4v) is 2.99. The summed E-state index contributed by atoms with van der Waals surface area (Å²) in [6, 6.07) is 9.85. The minimum absolute atomic E-state index is 0.0908. The van der Waals surface area contributed by atoms with Gasteiger partial charge >= 0.3 is 6.03 Å². The van der Waals surface area contributed by atoms with E-state index in [1.54, 1.807) is 6.07 Å². The van der Waals surface area contributed by atoms with Crippen LogP contribution in [0.4, 0.5) is 4.79 Å². The molecule has 0 unspecified atom stereocenters. The summed E-state index contributed by atoms with van der Waals surface area (Å²) in [6.07, 6.45) is 0. The van der Waals surface area contributed by atoms with Crippen molar-refractivity contribution in [3.63, 3.8) is 0 Å². The molecule has 0 spiro atoms. The summed E-state index contributed by atoms with van der Waals surface area (Å²) in [6.45, 7) is 3.78. The molecule has 124 valence electrons. The smallest absolute Gasteiger partial charge is 0.320 e. The molecule has 0 fully saturated rings. The van der Waals surface area contributed by atoms with Crippen molar-refractivity contribution in [1.29, 1.82) is 0 Å². The number of nitrogens with zero attached hydrogens (tertiary/aromatic N) is 1. The van der Waals surface area contributed by atoms with Crippen molar-refractivity contribution < 1.29 is 14.5 Å². The lowest BCUT2D eigenvalue weighted by Crippen LogP contribution is -2.45. The normalized spacial score (nSPS) is 17.4. The zero-order valence-electron chi connectivity index (χ0n) is 13.3. The zero-order valence-corrected chi connectivity index (χ0v) is 13.3. The van der Waals surface area contributed by atoms with Gasteiger partial charge in [-0.2, -0.15) is 0 Å². The number of hydrogen-bond donors (Lipinski definition) is 2. The predicted octanol–water partition coefficient (Wildman–Crippen LogP) is 3.10. The number of allylic oxidation sites excluding steroid dienone is 1. The van der Waals surface area contributed by atoms with Gasteiger partial charge in [0, 0.05) is 5.56 Å². The summed E-state index contributed by atoms with van der Waals surface area (Å²) >= 11 is 0. The second-order valence-electron chi connectivity index (χ2n) is 5.43. The molecule has 0 aliphatic carbocycles. The maximum atomic E-state index is 11.9. The largest absolute Gasteiger partial charge is 0.493 e. The van der Waals surface area contributed by atoms with Crippen molar-refractivity contribution in [2.45, 2.75) is 19.9 Å². The minimum Gasteiger partial charge on any atom is -0.493 e. The van der Waals surface area contributed by atoms with Crippen LogP contribution in [0.25, 0.3) is 10.8 Å². The van der Waals surface area contributed by atoms with E-state index in [2.05, 4.69) is 10.6 Å². The van der Waals surface area contributed by atoms with Gasteiger partial charge in [0.1, 0.15) is 5.75 Å². The highest BCUT2D eigenvalue weighted by Gasteiger charge is 2.37. The second-order valence-corrected chi connectivity index (χ2v) is 5.43. The van der Waals surface area contributed by atoms with Crippen LogP contribution < -0.4 is 15.4 Å². The molecule has 2 aromatic carbocycles. The van der Waals surface area contributed by atoms with Crippen LogP contribution in [-0.2, 0) is 0 Å². The molecule has 2 amide bonds. The molecule has 1 heterocycles. The molecule has 0 radical (unpaired) electrons. The van der Waals surface area contributed by atoms with E-state index in [-0.39, 0.29) is 11.4 Å². The van der Waals surface area contributed by atoms with Crippen molar-refractivity contribution >= 4 is 16.8 Å². The van der Waals surface area contributed by atoms with Crippen LogP contribution in [0.15, 0.2) is 47.8 Å². The van der Waals surface area contributed by atoms with Crippen LogP contribution in [-0.4, -0.2) is 17.6 Å². The van der Waals surface area contributed by atoms with Crippen LogP contribution in [0.5, 0.6) is 5.75 Å². The third-order valence-electron chi connectivity index (χ3n) is 3.95. The van der Waals surface area contributed by atoms with E-state index in [1.165, 1.54) is 6.92 Å². The molecule has 7 nitrogen and oxygen atoms in total. The van der Waals surface area contributed by atoms with Crippen LogP contribution in [0, 0.1) is 10.1 Å². The summed E-state index contributed by atoms with van der Waals surface area (Å²) in [5.74, 6) is 0.524. The molecule has 0 aromatic heterocycles. The number of carbonyl (C=O) groups excluding carboxylic acids is 1. The van der Waals surface area contributed by atoms with E-state index in [1.807, 2.05) is 37.3 Å². The van der Waals surface area contributed by atoms with Gasteiger partial charge in [0.25, 0.3) is 5.70 Å². The number of carbonyl (C=O) groups is 1. The molecule has 1 atom stereocenters. The number of amides is 2. The Bertz CT molecular complexity index is 860. The topological polar surface area (TPSA) is 93.5 Å². The minimum atomic E-state index is -0.888. The Kier molecular flexibility index (Phi) is 4.07. The fraction of sp³-hybridized carbons (Fsp3) is 0.235. The fourth-order valence-electron chi connectivity index (χ4n) is 2.99. The molecule has 0 bridgehead atoms. The SMILES string of the molecule is CCOc1ccc2ccccc2c1[C@H]1NC(=O)NC(C)=C1[N+](=O)[O-]. The molecule has 0 saturated heterocycles. The number of rotatable bonds is 4. The summed E-state index contributed by atoms with van der Waals surface area (Å²) < 4.78 is 5.68. The maximum Gasteiger partial charge on any atom is 0.320 e. The van der Waals surface area contributed by atoms with Gasteiger partial charge in [-0.25, -0.2) is 4.79 Å². The molecule has 24 heavy (non-hydrogen) atoms. The van der Waals surface area contributed by atoms with Gasteiger partial charge < -0.3 is 15.4 Å². The zero-order chi connectivity index (χ0) is 17.3. The molecule has 2 N–H and O–H groups in total. The number of urea groups is 1. The van der Waals surface area contributed by atoms with E-state index >= 15 is 0 Å². The van der Waals surface area contributed by atoms with E-state index in [0.29, 0.717) is 17.9 Å². The molecule has 1 aliphatic heterocycles. The predicted molar refractivity (Wildman–Crippen MR) is 89.2 cm³/mol. The van der Waals surface area contributed by atoms with Crippen LogP contribution in [0.2, 0.25) is 0 Å². The summed E-state index contributed by atoms with van der Waals surface area (Å²) in [5, 5.41) is 18.4. The Morgan fingerprint density at radius 2 is 2.00 bits per heavy atom. The monoisotopic (exact) mass is 327 g/mol. The summed E-state index contributed by atoms with van der Waals surface area (Å²) in [5.41, 5.74) is 0.729. The van der Waals surface area contributed by atoms with Crippen molar-refractivity contribution in [2.75, 3.05) is 6.61 Å². The number of ether oxygens (including phenoxy) is 1. The molecule has 3 rings (SSSR count). The van der Waals surface area contributed by atoms with E-state index in [0.717, 1.165) is 10.8 Å². The highest BCUT2D eigenvalue weighted by atomic mass is 16.6. The van der Waals surface area contributed by atoms with Crippen LogP contribution >= 0.6 is 0 Å². The quantitative estimate of drug-likeness (QED) is 0.666. The Morgan fingerprint density at radius 3 is 2.71 bits per heavy atom. The molecule has 0 saturated carbocycles. The average molecular weight is 327 g/mol. The Labute approximate surface area is 138 Å². The number of nitrogens with one attached hydrogen (secondary N) is 2. The Hall–Kier alpha value is -3.09. The maximum absolute atomic E-state index is 11.9. The van der Waals surface area contributed by atoms with Crippen molar-refractivity contribution in [2.24, 2.45) is 0 Å². The van der Waals surface area contributed by atoms with Gasteiger partial charge in [-0.1, -0.05) is 30.3 Å². The van der Waals surface area contributed by atoms with Gasteiger partial charge in [0.2, 0.25) is 0 Å². The number of hydrogen-bond acceptors (Lipinski definition) is 4. The van der Waals surface area contributed by atoms with E-state index in [9.17, 15) is 14.9 Å². The Morgan fingerprint density at radius 1 is 1.25 bits per heavy atom. The van der Waals surface area contributed by atoms with Crippen LogP contribution in [0.3, 0.4) is 0 Å². The molecular weight excluding hydrogens is 310 g/mol. The number of fused-ring (bicyclic) bond motifs is 1. The first-order valence-electron chi connectivity index (χ1n) is 7.60. The highest BCUT2D eigenvalue weighted by Crippen LogP contribution is 2.38. The average Bonchev–Trinajstić information content (AvgIpc) is 2.53. The number of benzene rings is 2. The molecular formula is C17H17N3O4. The lowest BCUT2D eigenvalue weighted by molar-refractivity contribution is -0.432. The standard InChI is InChI=1S/C17H17N3O4/c1-3-24-13-9-8-11-6-4-5-7-12(11)14(13)15-16(20(22)23)10(2)18-17(21)19-15/h4-9,15H,3H2,1-2H3,(H2,18,19,21)/t15-/m1/s1. The van der Waals surface area contributed by atoms with Gasteiger partial charge in [-0.05, 0) is 30.7 Å². The van der Waals surface area contributed by atoms with Crippen LogP contribution in [0.1, 0.15) is 25.5 Å². The third kappa shape index (κ3) is 2.64. The van der Waals surface area contributed by atoms with E-state index in [4.69, 9.17) is 4.74 Å². The lowest BCUT2D eigenvalue weighted by atomic mass is 9.94. The summed E-state index contributed by atoms with van der Waals surface area (Å²) in [4.78, 5) is 23.0. The van der Waals surface area contributed by atoms with E-state index < -0.39 is 17.0 Å². The van der Waals surface area contributed by atoms with Gasteiger partial charge in [-0.15, -0.1) is 0 Å². The first-order valence-corrected chi connectivity index (χ1v) is 7.60. The lowest BCUT2D eigenvalue weighted by Gasteiger charge is -2.26. The van der Waals surface area contributed by atoms with Crippen molar-refractivity contribution in [3.8, 4) is 5.75 Å². The first-order chi connectivity index (χ1) is 11.5. The molecule has 2 aromatic rings. The van der Waals surface area contributed by atoms with Gasteiger partial charge in [0.15, 0.2) is 6.04 Å². The van der Waals surface area contributed by atoms with Gasteiger partial charge in [-0.3, -0.25) is 10.1 Å². The van der Waals surface area contributed by atoms with Gasteiger partial charge in [0.05, 0.1) is 17.2 Å². The second kappa shape index (κ2) is 6.19. The van der Waals surface area contributed by atoms with Crippen molar-refractivity contribution in [3.05, 3.63) is 63.5 Å². The Balaban J connectivity index is 2.30.